The lowest BCUT2D eigenvalue weighted by atomic mass is 9.91. The highest BCUT2D eigenvalue weighted by atomic mass is 16.2. The van der Waals surface area contributed by atoms with E-state index in [4.69, 9.17) is 0 Å². The number of piperidine rings is 1. The Bertz CT molecular complexity index is 878. The second kappa shape index (κ2) is 7.01. The molecule has 2 aromatic heterocycles. The van der Waals surface area contributed by atoms with E-state index in [1.54, 1.807) is 12.4 Å². The number of amides is 1. The molecule has 0 unspecified atom stereocenters. The van der Waals surface area contributed by atoms with Gasteiger partial charge in [0.15, 0.2) is 0 Å². The fourth-order valence-corrected chi connectivity index (χ4v) is 3.64. The van der Waals surface area contributed by atoms with Gasteiger partial charge in [-0.05, 0) is 48.9 Å². The third kappa shape index (κ3) is 3.53. The lowest BCUT2D eigenvalue weighted by molar-refractivity contribution is 0.0673. The minimum atomic E-state index is 0.0918. The van der Waals surface area contributed by atoms with Gasteiger partial charge >= 0.3 is 0 Å². The molecule has 4 heteroatoms. The average molecular weight is 331 g/mol. The standard InChI is InChI=1S/C21H21N3O/c25-21(19-12-18-7-1-2-8-20(18)23-14-19)24-10-4-6-17(15-24)11-16-5-3-9-22-13-16/h1-3,5,7-9,12-14,17H,4,6,10-11,15H2/t17-/m0/s1. The Morgan fingerprint density at radius 1 is 1.16 bits per heavy atom. The van der Waals surface area contributed by atoms with Gasteiger partial charge in [-0.3, -0.25) is 14.8 Å². The first-order valence-electron chi connectivity index (χ1n) is 8.82. The molecule has 4 rings (SSSR count). The number of pyridine rings is 2. The molecule has 0 aliphatic carbocycles. The summed E-state index contributed by atoms with van der Waals surface area (Å²) in [5.74, 6) is 0.587. The SMILES string of the molecule is O=C(c1cnc2ccccc2c1)N1CCC[C@@H](Cc2cccnc2)C1. The molecule has 1 saturated heterocycles. The largest absolute Gasteiger partial charge is 0.338 e. The van der Waals surface area contributed by atoms with E-state index in [9.17, 15) is 4.79 Å². The minimum Gasteiger partial charge on any atom is -0.338 e. The summed E-state index contributed by atoms with van der Waals surface area (Å²) in [5.41, 5.74) is 2.85. The first kappa shape index (κ1) is 15.8. The number of benzene rings is 1. The molecule has 25 heavy (non-hydrogen) atoms. The summed E-state index contributed by atoms with van der Waals surface area (Å²) >= 11 is 0. The van der Waals surface area contributed by atoms with Crippen LogP contribution in [0.25, 0.3) is 10.9 Å². The number of hydrogen-bond donors (Lipinski definition) is 0. The van der Waals surface area contributed by atoms with Gasteiger partial charge in [0.05, 0.1) is 11.1 Å². The van der Waals surface area contributed by atoms with Crippen LogP contribution >= 0.6 is 0 Å². The fourth-order valence-electron chi connectivity index (χ4n) is 3.64. The average Bonchev–Trinajstić information content (AvgIpc) is 2.68. The fraction of sp³-hybridized carbons (Fsp3) is 0.286. The highest BCUT2D eigenvalue weighted by Crippen LogP contribution is 2.23. The quantitative estimate of drug-likeness (QED) is 0.735. The van der Waals surface area contributed by atoms with E-state index in [0.29, 0.717) is 11.5 Å². The van der Waals surface area contributed by atoms with E-state index >= 15 is 0 Å². The monoisotopic (exact) mass is 331 g/mol. The van der Waals surface area contributed by atoms with E-state index in [1.807, 2.05) is 47.5 Å². The lowest BCUT2D eigenvalue weighted by Gasteiger charge is -2.33. The third-order valence-electron chi connectivity index (χ3n) is 4.89. The Balaban J connectivity index is 1.49. The summed E-state index contributed by atoms with van der Waals surface area (Å²) in [7, 11) is 0. The van der Waals surface area contributed by atoms with Gasteiger partial charge in [0.2, 0.25) is 0 Å². The summed E-state index contributed by atoms with van der Waals surface area (Å²) in [6.45, 7) is 1.63. The van der Waals surface area contributed by atoms with E-state index in [1.165, 1.54) is 5.56 Å². The molecule has 1 fully saturated rings. The van der Waals surface area contributed by atoms with Gasteiger partial charge in [-0.25, -0.2) is 0 Å². The number of carbonyl (C=O) groups is 1. The molecule has 0 N–H and O–H groups in total. The topological polar surface area (TPSA) is 46.1 Å². The Morgan fingerprint density at radius 2 is 2.08 bits per heavy atom. The van der Waals surface area contributed by atoms with Gasteiger partial charge in [0.25, 0.3) is 5.91 Å². The number of nitrogens with zero attached hydrogens (tertiary/aromatic N) is 3. The maximum Gasteiger partial charge on any atom is 0.255 e. The van der Waals surface area contributed by atoms with E-state index < -0.39 is 0 Å². The van der Waals surface area contributed by atoms with Crippen LogP contribution in [0.1, 0.15) is 28.8 Å². The van der Waals surface area contributed by atoms with Crippen molar-refractivity contribution in [2.24, 2.45) is 5.92 Å². The van der Waals surface area contributed by atoms with Gasteiger partial charge in [-0.2, -0.15) is 0 Å². The first-order chi connectivity index (χ1) is 12.3. The third-order valence-corrected chi connectivity index (χ3v) is 4.89. The van der Waals surface area contributed by atoms with E-state index in [0.717, 1.165) is 43.3 Å². The van der Waals surface area contributed by atoms with E-state index in [-0.39, 0.29) is 5.91 Å². The van der Waals surface area contributed by atoms with Crippen LogP contribution in [-0.2, 0) is 6.42 Å². The van der Waals surface area contributed by atoms with Gasteiger partial charge in [-0.15, -0.1) is 0 Å². The van der Waals surface area contributed by atoms with Crippen LogP contribution in [0.15, 0.2) is 61.1 Å². The zero-order valence-electron chi connectivity index (χ0n) is 14.1. The van der Waals surface area contributed by atoms with Crippen LogP contribution in [0.2, 0.25) is 0 Å². The summed E-state index contributed by atoms with van der Waals surface area (Å²) in [4.78, 5) is 23.5. The molecule has 1 aromatic carbocycles. The van der Waals surface area contributed by atoms with Crippen molar-refractivity contribution < 1.29 is 4.79 Å². The molecule has 4 nitrogen and oxygen atoms in total. The van der Waals surface area contributed by atoms with Gasteiger partial charge in [-0.1, -0.05) is 24.3 Å². The molecule has 0 bridgehead atoms. The Hall–Kier alpha value is -2.75. The van der Waals surface area contributed by atoms with Crippen LogP contribution in [0.4, 0.5) is 0 Å². The van der Waals surface area contributed by atoms with Crippen LogP contribution in [-0.4, -0.2) is 33.9 Å². The number of aromatic nitrogens is 2. The molecule has 3 aromatic rings. The minimum absolute atomic E-state index is 0.0918. The molecule has 3 heterocycles. The first-order valence-corrected chi connectivity index (χ1v) is 8.82. The van der Waals surface area contributed by atoms with Gasteiger partial charge < -0.3 is 4.90 Å². The van der Waals surface area contributed by atoms with Crippen molar-refractivity contribution in [3.63, 3.8) is 0 Å². The Morgan fingerprint density at radius 3 is 2.96 bits per heavy atom. The zero-order valence-corrected chi connectivity index (χ0v) is 14.1. The number of hydrogen-bond acceptors (Lipinski definition) is 3. The predicted octanol–water partition coefficient (Wildman–Crippen LogP) is 3.72. The molecule has 0 saturated carbocycles. The highest BCUT2D eigenvalue weighted by Gasteiger charge is 2.25. The maximum atomic E-state index is 12.9. The molecule has 1 atom stereocenters. The Labute approximate surface area is 147 Å². The summed E-state index contributed by atoms with van der Waals surface area (Å²) < 4.78 is 0. The van der Waals surface area contributed by atoms with E-state index in [2.05, 4.69) is 16.0 Å². The molecule has 126 valence electrons. The number of para-hydroxylation sites is 1. The molecular formula is C21H21N3O. The van der Waals surface area contributed by atoms with Crippen LogP contribution in [0.3, 0.4) is 0 Å². The van der Waals surface area contributed by atoms with Crippen LogP contribution < -0.4 is 0 Å². The van der Waals surface area contributed by atoms with Crippen molar-refractivity contribution in [3.8, 4) is 0 Å². The maximum absolute atomic E-state index is 12.9. The van der Waals surface area contributed by atoms with Gasteiger partial charge in [0, 0.05) is 37.1 Å². The number of rotatable bonds is 3. The van der Waals surface area contributed by atoms with Gasteiger partial charge in [0.1, 0.15) is 0 Å². The predicted molar refractivity (Wildman–Crippen MR) is 98.3 cm³/mol. The highest BCUT2D eigenvalue weighted by molar-refractivity contribution is 5.97. The molecular weight excluding hydrogens is 310 g/mol. The van der Waals surface area contributed by atoms with Crippen molar-refractivity contribution in [3.05, 3.63) is 72.2 Å². The van der Waals surface area contributed by atoms with Crippen molar-refractivity contribution in [1.29, 1.82) is 0 Å². The van der Waals surface area contributed by atoms with Crippen molar-refractivity contribution >= 4 is 16.8 Å². The second-order valence-corrected chi connectivity index (χ2v) is 6.74. The molecule has 0 radical (unpaired) electrons. The smallest absolute Gasteiger partial charge is 0.255 e. The normalized spacial score (nSPS) is 17.6. The van der Waals surface area contributed by atoms with Crippen LogP contribution in [0, 0.1) is 5.92 Å². The molecule has 1 amide bonds. The van der Waals surface area contributed by atoms with Crippen molar-refractivity contribution in [2.75, 3.05) is 13.1 Å². The van der Waals surface area contributed by atoms with Crippen molar-refractivity contribution in [2.45, 2.75) is 19.3 Å². The number of fused-ring (bicyclic) bond motifs is 1. The lowest BCUT2D eigenvalue weighted by Crippen LogP contribution is -2.40. The summed E-state index contributed by atoms with van der Waals surface area (Å²) in [6.07, 6.45) is 8.62. The Kier molecular flexibility index (Phi) is 4.42. The molecule has 0 spiro atoms. The van der Waals surface area contributed by atoms with Crippen molar-refractivity contribution in [1.82, 2.24) is 14.9 Å². The zero-order chi connectivity index (χ0) is 17.1. The molecule has 1 aliphatic rings. The number of likely N-dealkylation sites (tertiary alicyclic amines) is 1. The summed E-state index contributed by atoms with van der Waals surface area (Å²) in [6, 6.07) is 13.9. The summed E-state index contributed by atoms with van der Waals surface area (Å²) in [5, 5.41) is 1.01. The molecule has 1 aliphatic heterocycles. The number of carbonyl (C=O) groups excluding carboxylic acids is 1. The second-order valence-electron chi connectivity index (χ2n) is 6.74. The van der Waals surface area contributed by atoms with Crippen LogP contribution in [0.5, 0.6) is 0 Å².